The maximum Gasteiger partial charge on any atom is 0.141 e. The summed E-state index contributed by atoms with van der Waals surface area (Å²) in [5, 5.41) is 3.19. The molecule has 2 rings (SSSR count). The number of hydrogen-bond donors (Lipinski definition) is 2. The Labute approximate surface area is 88.9 Å². The van der Waals surface area contributed by atoms with Gasteiger partial charge in [-0.15, -0.1) is 0 Å². The van der Waals surface area contributed by atoms with Crippen LogP contribution in [-0.2, 0) is 11.2 Å². The number of anilines is 1. The Hall–Kier alpha value is -1.42. The summed E-state index contributed by atoms with van der Waals surface area (Å²) in [7, 11) is 0. The summed E-state index contributed by atoms with van der Waals surface area (Å²) >= 11 is 0. The van der Waals surface area contributed by atoms with Crippen LogP contribution in [0.4, 0.5) is 5.82 Å². The third kappa shape index (κ3) is 2.33. The fraction of sp³-hybridized carbons (Fsp3) is 0.455. The number of aromatic nitrogens is 1. The van der Waals surface area contributed by atoms with Gasteiger partial charge in [0.15, 0.2) is 0 Å². The first-order valence-corrected chi connectivity index (χ1v) is 5.20. The number of hydrogen-bond acceptors (Lipinski definition) is 4. The second-order valence-corrected chi connectivity index (χ2v) is 3.88. The molecule has 1 saturated heterocycles. The number of nitrogens with zero attached hydrogens (tertiary/aromatic N) is 1. The summed E-state index contributed by atoms with van der Waals surface area (Å²) in [4.78, 5) is 15.8. The number of nitrogen functional groups attached to an aromatic ring is 1. The highest BCUT2D eigenvalue weighted by Gasteiger charge is 2.22. The quantitative estimate of drug-likeness (QED) is 0.748. The molecule has 1 atom stereocenters. The number of nitrogens with two attached hydrogens (primary N) is 1. The molecule has 0 spiro atoms. The molecule has 15 heavy (non-hydrogen) atoms. The molecule has 1 unspecified atom stereocenters. The van der Waals surface area contributed by atoms with Gasteiger partial charge >= 0.3 is 0 Å². The van der Waals surface area contributed by atoms with Crippen LogP contribution in [0.15, 0.2) is 18.3 Å². The van der Waals surface area contributed by atoms with E-state index >= 15 is 0 Å². The van der Waals surface area contributed by atoms with Crippen molar-refractivity contribution in [1.82, 2.24) is 10.3 Å². The first-order chi connectivity index (χ1) is 7.27. The van der Waals surface area contributed by atoms with Gasteiger partial charge < -0.3 is 11.1 Å². The van der Waals surface area contributed by atoms with Crippen LogP contribution in [0.5, 0.6) is 0 Å². The Balaban J connectivity index is 2.02. The van der Waals surface area contributed by atoms with E-state index in [0.29, 0.717) is 12.2 Å². The highest BCUT2D eigenvalue weighted by Crippen LogP contribution is 2.15. The summed E-state index contributed by atoms with van der Waals surface area (Å²) in [6.07, 6.45) is 2.99. The van der Waals surface area contributed by atoms with Crippen LogP contribution >= 0.6 is 0 Å². The molecule has 1 aliphatic rings. The highest BCUT2D eigenvalue weighted by atomic mass is 16.1. The molecule has 1 aromatic heterocycles. The van der Waals surface area contributed by atoms with Crippen molar-refractivity contribution < 1.29 is 4.79 Å². The molecule has 3 N–H and O–H groups in total. The molecule has 0 aliphatic carbocycles. The summed E-state index contributed by atoms with van der Waals surface area (Å²) in [6.45, 7) is 1.75. The van der Waals surface area contributed by atoms with Gasteiger partial charge in [0.2, 0.25) is 0 Å². The van der Waals surface area contributed by atoms with E-state index < -0.39 is 0 Å². The lowest BCUT2D eigenvalue weighted by Gasteiger charge is -2.08. The van der Waals surface area contributed by atoms with Crippen LogP contribution in [0.3, 0.4) is 0 Å². The minimum absolute atomic E-state index is 0.157. The van der Waals surface area contributed by atoms with E-state index in [0.717, 1.165) is 25.1 Å². The third-order valence-electron chi connectivity index (χ3n) is 2.81. The number of carbonyl (C=O) groups excluding carboxylic acids is 1. The number of nitrogens with one attached hydrogen (secondary N) is 1. The Morgan fingerprint density at radius 1 is 1.67 bits per heavy atom. The van der Waals surface area contributed by atoms with Gasteiger partial charge in [0.05, 0.1) is 0 Å². The van der Waals surface area contributed by atoms with Gasteiger partial charge in [0.1, 0.15) is 11.6 Å². The molecule has 1 fully saturated rings. The van der Waals surface area contributed by atoms with E-state index in [1.165, 1.54) is 0 Å². The van der Waals surface area contributed by atoms with E-state index in [1.54, 1.807) is 6.20 Å². The van der Waals surface area contributed by atoms with Crippen molar-refractivity contribution in [2.45, 2.75) is 12.8 Å². The Morgan fingerprint density at radius 2 is 2.53 bits per heavy atom. The van der Waals surface area contributed by atoms with Crippen LogP contribution in [0, 0.1) is 5.92 Å². The molecule has 80 valence electrons. The first-order valence-electron chi connectivity index (χ1n) is 5.20. The zero-order valence-electron chi connectivity index (χ0n) is 8.57. The van der Waals surface area contributed by atoms with Crippen molar-refractivity contribution in [3.8, 4) is 0 Å². The summed E-state index contributed by atoms with van der Waals surface area (Å²) in [5.74, 6) is 0.890. The maximum atomic E-state index is 11.8. The standard InChI is InChI=1S/C11H15N3O/c12-11-8(2-1-4-14-11)6-10(15)9-3-5-13-7-9/h1-2,4,9,13H,3,5-7H2,(H2,12,14). The fourth-order valence-electron chi connectivity index (χ4n) is 1.86. The molecule has 4 heteroatoms. The number of carbonyl (C=O) groups is 1. The van der Waals surface area contributed by atoms with Gasteiger partial charge in [0.25, 0.3) is 0 Å². The lowest BCUT2D eigenvalue weighted by molar-refractivity contribution is -0.121. The smallest absolute Gasteiger partial charge is 0.141 e. The number of ketones is 1. The molecule has 1 aromatic rings. The van der Waals surface area contributed by atoms with Gasteiger partial charge in [-0.3, -0.25) is 4.79 Å². The fourth-order valence-corrected chi connectivity index (χ4v) is 1.86. The number of rotatable bonds is 3. The van der Waals surface area contributed by atoms with Crippen molar-refractivity contribution in [2.75, 3.05) is 18.8 Å². The average Bonchev–Trinajstić information content (AvgIpc) is 2.74. The Bertz CT molecular complexity index is 359. The Kier molecular flexibility index (Phi) is 2.97. The van der Waals surface area contributed by atoms with Crippen molar-refractivity contribution in [3.63, 3.8) is 0 Å². The number of Topliss-reactive ketones (excluding diaryl/α,β-unsaturated/α-hetero) is 1. The second kappa shape index (κ2) is 4.40. The lowest BCUT2D eigenvalue weighted by Crippen LogP contribution is -2.20. The van der Waals surface area contributed by atoms with Crippen LogP contribution in [0.2, 0.25) is 0 Å². The zero-order chi connectivity index (χ0) is 10.7. The normalized spacial score (nSPS) is 20.4. The highest BCUT2D eigenvalue weighted by molar-refractivity contribution is 5.84. The topological polar surface area (TPSA) is 68.0 Å². The summed E-state index contributed by atoms with van der Waals surface area (Å²) < 4.78 is 0. The van der Waals surface area contributed by atoms with Gasteiger partial charge in [-0.25, -0.2) is 4.98 Å². The SMILES string of the molecule is Nc1ncccc1CC(=O)C1CCNC1. The van der Waals surface area contributed by atoms with Crippen LogP contribution in [0.1, 0.15) is 12.0 Å². The predicted octanol–water partition coefficient (Wildman–Crippen LogP) is 0.385. The molecular formula is C11H15N3O. The van der Waals surface area contributed by atoms with Crippen LogP contribution in [-0.4, -0.2) is 23.9 Å². The molecule has 0 radical (unpaired) electrons. The van der Waals surface area contributed by atoms with Gasteiger partial charge in [-0.05, 0) is 19.0 Å². The number of pyridine rings is 1. The minimum Gasteiger partial charge on any atom is -0.383 e. The molecular weight excluding hydrogens is 190 g/mol. The monoisotopic (exact) mass is 205 g/mol. The molecule has 0 bridgehead atoms. The van der Waals surface area contributed by atoms with E-state index in [-0.39, 0.29) is 11.7 Å². The van der Waals surface area contributed by atoms with E-state index in [2.05, 4.69) is 10.3 Å². The minimum atomic E-state index is 0.157. The molecule has 0 saturated carbocycles. The third-order valence-corrected chi connectivity index (χ3v) is 2.81. The molecule has 0 aromatic carbocycles. The maximum absolute atomic E-state index is 11.8. The second-order valence-electron chi connectivity index (χ2n) is 3.88. The molecule has 4 nitrogen and oxygen atoms in total. The van der Waals surface area contributed by atoms with Crippen molar-refractivity contribution >= 4 is 11.6 Å². The molecule has 2 heterocycles. The van der Waals surface area contributed by atoms with Gasteiger partial charge in [-0.1, -0.05) is 6.07 Å². The van der Waals surface area contributed by atoms with Gasteiger partial charge in [-0.2, -0.15) is 0 Å². The van der Waals surface area contributed by atoms with E-state index in [1.807, 2.05) is 12.1 Å². The van der Waals surface area contributed by atoms with Crippen LogP contribution in [0.25, 0.3) is 0 Å². The zero-order valence-corrected chi connectivity index (χ0v) is 8.57. The lowest BCUT2D eigenvalue weighted by atomic mass is 9.97. The molecule has 1 aliphatic heterocycles. The van der Waals surface area contributed by atoms with Crippen molar-refractivity contribution in [3.05, 3.63) is 23.9 Å². The van der Waals surface area contributed by atoms with Crippen molar-refractivity contribution in [2.24, 2.45) is 5.92 Å². The van der Waals surface area contributed by atoms with Crippen molar-refractivity contribution in [1.29, 1.82) is 0 Å². The summed E-state index contributed by atoms with van der Waals surface area (Å²) in [5.41, 5.74) is 6.53. The summed E-state index contributed by atoms with van der Waals surface area (Å²) in [6, 6.07) is 3.68. The van der Waals surface area contributed by atoms with Crippen LogP contribution < -0.4 is 11.1 Å². The van der Waals surface area contributed by atoms with E-state index in [4.69, 9.17) is 5.73 Å². The largest absolute Gasteiger partial charge is 0.383 e. The molecule has 0 amide bonds. The average molecular weight is 205 g/mol. The Morgan fingerprint density at radius 3 is 3.20 bits per heavy atom. The van der Waals surface area contributed by atoms with Gasteiger partial charge in [0, 0.05) is 30.6 Å². The predicted molar refractivity (Wildman–Crippen MR) is 58.3 cm³/mol. The van der Waals surface area contributed by atoms with E-state index in [9.17, 15) is 4.79 Å². The first kappa shape index (κ1) is 10.1.